The van der Waals surface area contributed by atoms with Gasteiger partial charge in [0.25, 0.3) is 0 Å². The molecule has 1 amide bonds. The molecule has 168 valence electrons. The lowest BCUT2D eigenvalue weighted by Gasteiger charge is -2.37. The highest BCUT2D eigenvalue weighted by molar-refractivity contribution is 9.10. The van der Waals surface area contributed by atoms with Gasteiger partial charge in [0.1, 0.15) is 12.4 Å². The number of likely N-dealkylation sites (tertiary alicyclic amines) is 1. The van der Waals surface area contributed by atoms with Gasteiger partial charge >= 0.3 is 12.1 Å². The number of ether oxygens (including phenoxy) is 2. The molecular formula is C23H24BrN3O5. The van der Waals surface area contributed by atoms with Crippen molar-refractivity contribution in [3.8, 4) is 5.75 Å². The minimum atomic E-state index is -0.891. The van der Waals surface area contributed by atoms with E-state index in [1.54, 1.807) is 6.92 Å². The highest BCUT2D eigenvalue weighted by Gasteiger charge is 2.31. The molecule has 1 aliphatic heterocycles. The second-order valence-electron chi connectivity index (χ2n) is 7.72. The summed E-state index contributed by atoms with van der Waals surface area (Å²) in [6.07, 6.45) is -0.750. The summed E-state index contributed by atoms with van der Waals surface area (Å²) in [6, 6.07) is 13.3. The molecule has 4 rings (SSSR count). The van der Waals surface area contributed by atoms with E-state index in [4.69, 9.17) is 19.7 Å². The number of para-hydroxylation sites is 1. The summed E-state index contributed by atoms with van der Waals surface area (Å²) in [7, 11) is 0. The maximum atomic E-state index is 12.0. The Balaban J connectivity index is 1.55. The Morgan fingerprint density at radius 2 is 2.00 bits per heavy atom. The molecule has 32 heavy (non-hydrogen) atoms. The second-order valence-corrected chi connectivity index (χ2v) is 8.64. The predicted molar refractivity (Wildman–Crippen MR) is 122 cm³/mol. The van der Waals surface area contributed by atoms with E-state index in [1.807, 2.05) is 47.1 Å². The molecular weight excluding hydrogens is 478 g/mol. The van der Waals surface area contributed by atoms with Crippen molar-refractivity contribution in [1.29, 1.82) is 0 Å². The first kappa shape index (κ1) is 22.1. The van der Waals surface area contributed by atoms with E-state index in [2.05, 4.69) is 15.9 Å². The van der Waals surface area contributed by atoms with E-state index < -0.39 is 6.09 Å². The predicted octanol–water partition coefficient (Wildman–Crippen LogP) is 4.09. The first-order chi connectivity index (χ1) is 15.4. The Morgan fingerprint density at radius 3 is 2.75 bits per heavy atom. The molecule has 0 bridgehead atoms. The molecule has 1 saturated heterocycles. The number of hydrogen-bond donors (Lipinski definition) is 1. The molecule has 2 heterocycles. The number of carboxylic acid groups (broad SMARTS) is 1. The van der Waals surface area contributed by atoms with Crippen LogP contribution in [-0.2, 0) is 29.1 Å². The number of carbonyl (C=O) groups excluding carboxylic acids is 1. The molecule has 0 radical (unpaired) electrons. The largest absolute Gasteiger partial charge is 0.487 e. The zero-order chi connectivity index (χ0) is 22.7. The van der Waals surface area contributed by atoms with Gasteiger partial charge in [-0.1, -0.05) is 34.1 Å². The minimum Gasteiger partial charge on any atom is -0.487 e. The van der Waals surface area contributed by atoms with Crippen molar-refractivity contribution in [3.63, 3.8) is 0 Å². The topological polar surface area (TPSA) is 93.9 Å². The number of aromatic nitrogens is 2. The quantitative estimate of drug-likeness (QED) is 0.467. The third-order valence-corrected chi connectivity index (χ3v) is 5.94. The van der Waals surface area contributed by atoms with Gasteiger partial charge in [-0.25, -0.2) is 4.79 Å². The molecule has 3 aromatic rings. The number of benzene rings is 2. The van der Waals surface area contributed by atoms with Crippen LogP contribution in [0.3, 0.4) is 0 Å². The molecule has 9 heteroatoms. The van der Waals surface area contributed by atoms with Crippen molar-refractivity contribution in [3.05, 3.63) is 58.2 Å². The molecule has 0 saturated carbocycles. The van der Waals surface area contributed by atoms with Gasteiger partial charge in [-0.2, -0.15) is 5.10 Å². The van der Waals surface area contributed by atoms with Crippen molar-refractivity contribution in [2.45, 2.75) is 26.5 Å². The third kappa shape index (κ3) is 4.88. The SMILES string of the molecule is CCOC(=O)Cc1ccccc1OCc1c2cc(Br)ccc2nn1CC1CN(C(=O)O)C1. The molecule has 2 aromatic carbocycles. The lowest BCUT2D eigenvalue weighted by Crippen LogP contribution is -2.51. The van der Waals surface area contributed by atoms with Crippen molar-refractivity contribution >= 4 is 38.9 Å². The highest BCUT2D eigenvalue weighted by atomic mass is 79.9. The molecule has 0 aliphatic carbocycles. The molecule has 0 atom stereocenters. The summed E-state index contributed by atoms with van der Waals surface area (Å²) in [6.45, 7) is 3.99. The number of carbonyl (C=O) groups is 2. The zero-order valence-electron chi connectivity index (χ0n) is 17.7. The molecule has 0 spiro atoms. The lowest BCUT2D eigenvalue weighted by atomic mass is 10.0. The maximum Gasteiger partial charge on any atom is 0.407 e. The third-order valence-electron chi connectivity index (χ3n) is 5.45. The number of fused-ring (bicyclic) bond motifs is 1. The normalized spacial score (nSPS) is 13.8. The number of hydrogen-bond acceptors (Lipinski definition) is 5. The summed E-state index contributed by atoms with van der Waals surface area (Å²) in [5.41, 5.74) is 2.51. The van der Waals surface area contributed by atoms with Crippen molar-refractivity contribution in [2.75, 3.05) is 19.7 Å². The number of esters is 1. The molecule has 1 aliphatic rings. The summed E-state index contributed by atoms with van der Waals surface area (Å²) in [5.74, 6) is 0.534. The Morgan fingerprint density at radius 1 is 1.22 bits per heavy atom. The Bertz CT molecular complexity index is 1140. The van der Waals surface area contributed by atoms with E-state index in [-0.39, 0.29) is 24.9 Å². The van der Waals surface area contributed by atoms with Gasteiger partial charge in [-0.05, 0) is 31.2 Å². The summed E-state index contributed by atoms with van der Waals surface area (Å²) < 4.78 is 14.1. The van der Waals surface area contributed by atoms with Crippen LogP contribution in [0.2, 0.25) is 0 Å². The van der Waals surface area contributed by atoms with Crippen LogP contribution in [0.4, 0.5) is 4.79 Å². The fourth-order valence-corrected chi connectivity index (χ4v) is 4.21. The van der Waals surface area contributed by atoms with Crippen LogP contribution in [0.15, 0.2) is 46.9 Å². The van der Waals surface area contributed by atoms with E-state index in [9.17, 15) is 9.59 Å². The van der Waals surface area contributed by atoms with Crippen LogP contribution in [0.25, 0.3) is 10.9 Å². The van der Waals surface area contributed by atoms with E-state index in [0.29, 0.717) is 32.0 Å². The zero-order valence-corrected chi connectivity index (χ0v) is 19.2. The highest BCUT2D eigenvalue weighted by Crippen LogP contribution is 2.27. The van der Waals surface area contributed by atoms with Gasteiger partial charge in [-0.15, -0.1) is 0 Å². The van der Waals surface area contributed by atoms with Crippen LogP contribution in [-0.4, -0.2) is 51.5 Å². The molecule has 1 N–H and O–H groups in total. The average molecular weight is 502 g/mol. The molecule has 1 fully saturated rings. The van der Waals surface area contributed by atoms with Crippen LogP contribution in [0.1, 0.15) is 18.2 Å². The minimum absolute atomic E-state index is 0.142. The van der Waals surface area contributed by atoms with Gasteiger partial charge in [0.15, 0.2) is 0 Å². The van der Waals surface area contributed by atoms with Crippen LogP contribution >= 0.6 is 15.9 Å². The summed E-state index contributed by atoms with van der Waals surface area (Å²) in [5, 5.41) is 14.8. The number of halogens is 1. The van der Waals surface area contributed by atoms with Crippen molar-refractivity contribution < 1.29 is 24.2 Å². The Kier molecular flexibility index (Phi) is 6.64. The number of nitrogens with zero attached hydrogens (tertiary/aromatic N) is 3. The Hall–Kier alpha value is -3.07. The fourth-order valence-electron chi connectivity index (χ4n) is 3.85. The summed E-state index contributed by atoms with van der Waals surface area (Å²) >= 11 is 3.52. The number of amides is 1. The van der Waals surface area contributed by atoms with Gasteiger partial charge in [0, 0.05) is 41.0 Å². The standard InChI is InChI=1S/C23H24BrN3O5/c1-2-31-22(28)9-16-5-3-4-6-21(16)32-14-20-18-10-17(24)7-8-19(18)25-27(20)13-15-11-26(12-15)23(29)30/h3-8,10,15H,2,9,11-14H2,1H3,(H,29,30). The molecule has 1 aromatic heterocycles. The molecule has 0 unspecified atom stereocenters. The van der Waals surface area contributed by atoms with Crippen molar-refractivity contribution in [1.82, 2.24) is 14.7 Å². The van der Waals surface area contributed by atoms with Gasteiger partial charge in [0.2, 0.25) is 0 Å². The fraction of sp³-hybridized carbons (Fsp3) is 0.348. The van der Waals surface area contributed by atoms with Crippen LogP contribution in [0, 0.1) is 5.92 Å². The van der Waals surface area contributed by atoms with Crippen molar-refractivity contribution in [2.24, 2.45) is 5.92 Å². The van der Waals surface area contributed by atoms with Gasteiger partial charge in [-0.3, -0.25) is 9.48 Å². The smallest absolute Gasteiger partial charge is 0.407 e. The van der Waals surface area contributed by atoms with Crippen LogP contribution in [0.5, 0.6) is 5.75 Å². The number of rotatable bonds is 8. The van der Waals surface area contributed by atoms with E-state index in [1.165, 1.54) is 4.90 Å². The van der Waals surface area contributed by atoms with E-state index >= 15 is 0 Å². The monoisotopic (exact) mass is 501 g/mol. The lowest BCUT2D eigenvalue weighted by molar-refractivity contribution is -0.142. The first-order valence-corrected chi connectivity index (χ1v) is 11.2. The molecule has 8 nitrogen and oxygen atoms in total. The first-order valence-electron chi connectivity index (χ1n) is 10.4. The van der Waals surface area contributed by atoms with E-state index in [0.717, 1.165) is 26.6 Å². The van der Waals surface area contributed by atoms with Gasteiger partial charge < -0.3 is 19.5 Å². The average Bonchev–Trinajstić information content (AvgIpc) is 3.06. The maximum absolute atomic E-state index is 12.0. The van der Waals surface area contributed by atoms with Crippen LogP contribution < -0.4 is 4.74 Å². The summed E-state index contributed by atoms with van der Waals surface area (Å²) in [4.78, 5) is 24.4. The van der Waals surface area contributed by atoms with Gasteiger partial charge in [0.05, 0.1) is 24.2 Å². The Labute approximate surface area is 193 Å². The second kappa shape index (κ2) is 9.60.